The monoisotopic (exact) mass is 293 g/mol. The molecule has 0 radical (unpaired) electrons. The van der Waals surface area contributed by atoms with Crippen molar-refractivity contribution in [3.05, 3.63) is 69.9 Å². The number of hydrogen-bond donors (Lipinski definition) is 1. The number of nitrogens with one attached hydrogen (secondary N) is 1. The molecule has 0 saturated heterocycles. The standard InChI is InChI=1S/C14H13BrFN/c1-17-14(10-6-3-2-4-7-10)11-8-5-9-12(15)13(11)16/h2-9,14,17H,1H3. The Hall–Kier alpha value is -1.19. The van der Waals surface area contributed by atoms with Crippen molar-refractivity contribution in [1.29, 1.82) is 0 Å². The van der Waals surface area contributed by atoms with Crippen LogP contribution in [0.4, 0.5) is 4.39 Å². The summed E-state index contributed by atoms with van der Waals surface area (Å²) in [5, 5.41) is 3.14. The normalized spacial score (nSPS) is 12.4. The lowest BCUT2D eigenvalue weighted by atomic mass is 9.98. The zero-order valence-corrected chi connectivity index (χ0v) is 11.0. The van der Waals surface area contributed by atoms with E-state index in [9.17, 15) is 4.39 Å². The number of halogens is 2. The second-order valence-corrected chi connectivity index (χ2v) is 4.63. The Kier molecular flexibility index (Phi) is 3.92. The fraction of sp³-hybridized carbons (Fsp3) is 0.143. The van der Waals surface area contributed by atoms with Crippen LogP contribution in [0.15, 0.2) is 53.0 Å². The summed E-state index contributed by atoms with van der Waals surface area (Å²) >= 11 is 3.21. The lowest BCUT2D eigenvalue weighted by Crippen LogP contribution is -2.19. The molecule has 0 saturated carbocycles. The van der Waals surface area contributed by atoms with Crippen molar-refractivity contribution < 1.29 is 4.39 Å². The first kappa shape index (κ1) is 12.3. The summed E-state index contributed by atoms with van der Waals surface area (Å²) in [6.45, 7) is 0. The van der Waals surface area contributed by atoms with Crippen molar-refractivity contribution in [2.24, 2.45) is 0 Å². The van der Waals surface area contributed by atoms with Crippen molar-refractivity contribution in [2.45, 2.75) is 6.04 Å². The van der Waals surface area contributed by atoms with E-state index in [0.29, 0.717) is 10.0 Å². The molecule has 2 aromatic carbocycles. The summed E-state index contributed by atoms with van der Waals surface area (Å²) in [4.78, 5) is 0. The van der Waals surface area contributed by atoms with Crippen molar-refractivity contribution in [3.8, 4) is 0 Å². The van der Waals surface area contributed by atoms with Crippen LogP contribution < -0.4 is 5.32 Å². The molecule has 0 fully saturated rings. The van der Waals surface area contributed by atoms with Gasteiger partial charge in [0, 0.05) is 5.56 Å². The third-order valence-corrected chi connectivity index (χ3v) is 3.33. The van der Waals surface area contributed by atoms with Gasteiger partial charge in [0.2, 0.25) is 0 Å². The molecule has 1 unspecified atom stereocenters. The van der Waals surface area contributed by atoms with Crippen LogP contribution in [0.25, 0.3) is 0 Å². The van der Waals surface area contributed by atoms with Crippen LogP contribution in [0.3, 0.4) is 0 Å². The molecule has 0 aromatic heterocycles. The number of benzene rings is 2. The Bertz CT molecular complexity index is 499. The topological polar surface area (TPSA) is 12.0 Å². The average Bonchev–Trinajstić information content (AvgIpc) is 2.37. The highest BCUT2D eigenvalue weighted by Crippen LogP contribution is 2.27. The molecule has 0 spiro atoms. The first-order valence-electron chi connectivity index (χ1n) is 5.40. The molecule has 3 heteroatoms. The maximum absolute atomic E-state index is 14.0. The minimum absolute atomic E-state index is 0.131. The van der Waals surface area contributed by atoms with E-state index < -0.39 is 0 Å². The van der Waals surface area contributed by atoms with Crippen LogP contribution in [-0.2, 0) is 0 Å². The molecule has 1 N–H and O–H groups in total. The van der Waals surface area contributed by atoms with Gasteiger partial charge in [-0.3, -0.25) is 0 Å². The fourth-order valence-corrected chi connectivity index (χ4v) is 2.27. The van der Waals surface area contributed by atoms with Crippen LogP contribution in [-0.4, -0.2) is 7.05 Å². The van der Waals surface area contributed by atoms with E-state index in [1.807, 2.05) is 43.4 Å². The van der Waals surface area contributed by atoms with Gasteiger partial charge in [-0.2, -0.15) is 0 Å². The highest BCUT2D eigenvalue weighted by Gasteiger charge is 2.16. The Balaban J connectivity index is 2.46. The number of rotatable bonds is 3. The molecule has 2 rings (SSSR count). The summed E-state index contributed by atoms with van der Waals surface area (Å²) in [5.74, 6) is -0.212. The average molecular weight is 294 g/mol. The molecule has 0 bridgehead atoms. The lowest BCUT2D eigenvalue weighted by molar-refractivity contribution is 0.571. The molecular weight excluding hydrogens is 281 g/mol. The van der Waals surface area contributed by atoms with Crippen LogP contribution in [0.1, 0.15) is 17.2 Å². The molecule has 88 valence electrons. The minimum atomic E-state index is -0.212. The second kappa shape index (κ2) is 5.43. The minimum Gasteiger partial charge on any atom is -0.309 e. The molecule has 17 heavy (non-hydrogen) atoms. The maximum atomic E-state index is 14.0. The van der Waals surface area contributed by atoms with Crippen molar-refractivity contribution in [2.75, 3.05) is 7.05 Å². The van der Waals surface area contributed by atoms with Crippen molar-refractivity contribution in [1.82, 2.24) is 5.32 Å². The van der Waals surface area contributed by atoms with E-state index in [-0.39, 0.29) is 11.9 Å². The predicted molar refractivity (Wildman–Crippen MR) is 71.4 cm³/mol. The zero-order chi connectivity index (χ0) is 12.3. The molecule has 0 aliphatic carbocycles. The van der Waals surface area contributed by atoms with Crippen LogP contribution in [0.5, 0.6) is 0 Å². The third kappa shape index (κ3) is 2.56. The van der Waals surface area contributed by atoms with Crippen molar-refractivity contribution >= 4 is 15.9 Å². The second-order valence-electron chi connectivity index (χ2n) is 3.78. The first-order valence-corrected chi connectivity index (χ1v) is 6.19. The lowest BCUT2D eigenvalue weighted by Gasteiger charge is -2.18. The van der Waals surface area contributed by atoms with E-state index in [4.69, 9.17) is 0 Å². The molecule has 0 aliphatic rings. The third-order valence-electron chi connectivity index (χ3n) is 2.71. The van der Waals surface area contributed by atoms with E-state index in [2.05, 4.69) is 21.2 Å². The van der Waals surface area contributed by atoms with Gasteiger partial charge in [0.15, 0.2) is 0 Å². The zero-order valence-electron chi connectivity index (χ0n) is 9.45. The Labute approximate surface area is 109 Å². The van der Waals surface area contributed by atoms with Gasteiger partial charge in [0.1, 0.15) is 5.82 Å². The molecule has 1 nitrogen and oxygen atoms in total. The molecular formula is C14H13BrFN. The van der Waals surface area contributed by atoms with E-state index in [0.717, 1.165) is 5.56 Å². The number of hydrogen-bond acceptors (Lipinski definition) is 1. The van der Waals surface area contributed by atoms with Gasteiger partial charge >= 0.3 is 0 Å². The highest BCUT2D eigenvalue weighted by molar-refractivity contribution is 9.10. The molecule has 0 amide bonds. The van der Waals surface area contributed by atoms with E-state index in [1.54, 1.807) is 12.1 Å². The SMILES string of the molecule is CNC(c1ccccc1)c1cccc(Br)c1F. The summed E-state index contributed by atoms with van der Waals surface area (Å²) in [7, 11) is 1.83. The first-order chi connectivity index (χ1) is 8.24. The van der Waals surface area contributed by atoms with Crippen LogP contribution in [0, 0.1) is 5.82 Å². The molecule has 1 atom stereocenters. The van der Waals surface area contributed by atoms with Crippen LogP contribution >= 0.6 is 15.9 Å². The Morgan fingerprint density at radius 3 is 2.41 bits per heavy atom. The summed E-state index contributed by atoms with van der Waals surface area (Å²) in [6, 6.07) is 15.1. The summed E-state index contributed by atoms with van der Waals surface area (Å²) < 4.78 is 14.5. The van der Waals surface area contributed by atoms with Crippen LogP contribution in [0.2, 0.25) is 0 Å². The van der Waals surface area contributed by atoms with Gasteiger partial charge in [-0.25, -0.2) is 4.39 Å². The van der Waals surface area contributed by atoms with Crippen molar-refractivity contribution in [3.63, 3.8) is 0 Å². The quantitative estimate of drug-likeness (QED) is 0.905. The summed E-state index contributed by atoms with van der Waals surface area (Å²) in [6.07, 6.45) is 0. The van der Waals surface area contributed by atoms with Gasteiger partial charge < -0.3 is 5.32 Å². The van der Waals surface area contributed by atoms with Gasteiger partial charge in [-0.15, -0.1) is 0 Å². The Morgan fingerprint density at radius 2 is 1.76 bits per heavy atom. The summed E-state index contributed by atoms with van der Waals surface area (Å²) in [5.41, 5.74) is 1.69. The van der Waals surface area contributed by atoms with E-state index in [1.165, 1.54) is 0 Å². The smallest absolute Gasteiger partial charge is 0.142 e. The van der Waals surface area contributed by atoms with Gasteiger partial charge in [0.25, 0.3) is 0 Å². The fourth-order valence-electron chi connectivity index (χ4n) is 1.89. The molecule has 2 aromatic rings. The van der Waals surface area contributed by atoms with E-state index >= 15 is 0 Å². The van der Waals surface area contributed by atoms with Gasteiger partial charge in [0.05, 0.1) is 10.5 Å². The Morgan fingerprint density at radius 1 is 1.06 bits per heavy atom. The van der Waals surface area contributed by atoms with Gasteiger partial charge in [-0.1, -0.05) is 42.5 Å². The highest BCUT2D eigenvalue weighted by atomic mass is 79.9. The maximum Gasteiger partial charge on any atom is 0.142 e. The predicted octanol–water partition coefficient (Wildman–Crippen LogP) is 3.90. The molecule has 0 heterocycles. The van der Waals surface area contributed by atoms with Gasteiger partial charge in [-0.05, 0) is 34.6 Å². The largest absolute Gasteiger partial charge is 0.309 e. The molecule has 0 aliphatic heterocycles.